The number of nitrogens with two attached hydrogens (primary N) is 1. The summed E-state index contributed by atoms with van der Waals surface area (Å²) in [5.41, 5.74) is 7.67. The zero-order chi connectivity index (χ0) is 15.1. The second kappa shape index (κ2) is 7.64. The van der Waals surface area contributed by atoms with Crippen molar-refractivity contribution in [3.05, 3.63) is 59.7 Å². The minimum atomic E-state index is 0.335. The highest BCUT2D eigenvalue weighted by atomic mass is 32.1. The van der Waals surface area contributed by atoms with E-state index in [1.165, 1.54) is 5.56 Å². The van der Waals surface area contributed by atoms with Gasteiger partial charge in [0.15, 0.2) is 0 Å². The highest BCUT2D eigenvalue weighted by molar-refractivity contribution is 7.80. The summed E-state index contributed by atoms with van der Waals surface area (Å²) in [4.78, 5) is 0.335. The topological polar surface area (TPSA) is 44.5 Å². The molecule has 0 aliphatic rings. The predicted molar refractivity (Wildman–Crippen MR) is 89.1 cm³/mol. The molecule has 0 atom stereocenters. The number of hydrogen-bond donors (Lipinski definition) is 1. The molecule has 3 nitrogen and oxygen atoms in total. The molecular weight excluding hydrogens is 282 g/mol. The van der Waals surface area contributed by atoms with Gasteiger partial charge in [0.1, 0.15) is 29.7 Å². The van der Waals surface area contributed by atoms with Crippen molar-refractivity contribution >= 4 is 17.2 Å². The van der Waals surface area contributed by atoms with Crippen molar-refractivity contribution in [1.82, 2.24) is 0 Å². The van der Waals surface area contributed by atoms with E-state index in [1.54, 1.807) is 0 Å². The maximum absolute atomic E-state index is 5.68. The molecule has 0 spiro atoms. The van der Waals surface area contributed by atoms with Gasteiger partial charge in [0.25, 0.3) is 0 Å². The molecule has 110 valence electrons. The Kier molecular flexibility index (Phi) is 5.58. The van der Waals surface area contributed by atoms with Gasteiger partial charge in [0.2, 0.25) is 0 Å². The van der Waals surface area contributed by atoms with Gasteiger partial charge < -0.3 is 15.2 Å². The van der Waals surface area contributed by atoms with Crippen LogP contribution in [0.25, 0.3) is 0 Å². The van der Waals surface area contributed by atoms with Gasteiger partial charge in [-0.3, -0.25) is 0 Å². The maximum atomic E-state index is 5.68. The lowest BCUT2D eigenvalue weighted by Crippen LogP contribution is -2.14. The lowest BCUT2D eigenvalue weighted by molar-refractivity contribution is 0.217. The van der Waals surface area contributed by atoms with E-state index in [-0.39, 0.29) is 0 Å². The Bertz CT molecular complexity index is 613. The first-order valence-electron chi connectivity index (χ1n) is 6.94. The van der Waals surface area contributed by atoms with Crippen molar-refractivity contribution in [2.45, 2.75) is 13.3 Å². The van der Waals surface area contributed by atoms with Crippen LogP contribution in [-0.4, -0.2) is 18.2 Å². The number of ether oxygens (including phenoxy) is 2. The van der Waals surface area contributed by atoms with E-state index >= 15 is 0 Å². The second-order valence-corrected chi connectivity index (χ2v) is 5.00. The Hall–Kier alpha value is -2.07. The van der Waals surface area contributed by atoms with E-state index in [0.717, 1.165) is 17.7 Å². The van der Waals surface area contributed by atoms with Crippen LogP contribution < -0.4 is 15.2 Å². The van der Waals surface area contributed by atoms with Gasteiger partial charge in [-0.25, -0.2) is 0 Å². The molecule has 0 aromatic heterocycles. The van der Waals surface area contributed by atoms with Crippen LogP contribution in [0.15, 0.2) is 48.5 Å². The lowest BCUT2D eigenvalue weighted by Gasteiger charge is -2.11. The minimum Gasteiger partial charge on any atom is -0.490 e. The molecule has 2 N–H and O–H groups in total. The summed E-state index contributed by atoms with van der Waals surface area (Å²) in [6.45, 7) is 3.03. The third kappa shape index (κ3) is 4.46. The zero-order valence-electron chi connectivity index (χ0n) is 12.0. The summed E-state index contributed by atoms with van der Waals surface area (Å²) in [5.74, 6) is 1.55. The molecule has 0 heterocycles. The van der Waals surface area contributed by atoms with Crippen LogP contribution in [0.5, 0.6) is 11.5 Å². The van der Waals surface area contributed by atoms with Crippen LogP contribution in [0.2, 0.25) is 0 Å². The van der Waals surface area contributed by atoms with Gasteiger partial charge >= 0.3 is 0 Å². The molecule has 0 amide bonds. The number of rotatable bonds is 7. The standard InChI is InChI=1S/C17H19NO2S/c1-2-13-6-5-7-14(12-13)19-10-11-20-16-9-4-3-8-15(16)17(18)21/h3-9,12H,2,10-11H2,1H3,(H2,18,21). The average Bonchev–Trinajstić information content (AvgIpc) is 2.52. The largest absolute Gasteiger partial charge is 0.490 e. The second-order valence-electron chi connectivity index (χ2n) is 4.56. The molecule has 2 aromatic rings. The van der Waals surface area contributed by atoms with Gasteiger partial charge in [-0.05, 0) is 36.2 Å². The monoisotopic (exact) mass is 301 g/mol. The quantitative estimate of drug-likeness (QED) is 0.629. The van der Waals surface area contributed by atoms with E-state index in [9.17, 15) is 0 Å². The molecule has 0 radical (unpaired) electrons. The highest BCUT2D eigenvalue weighted by Crippen LogP contribution is 2.18. The molecular formula is C17H19NO2S. The van der Waals surface area contributed by atoms with Gasteiger partial charge in [-0.15, -0.1) is 0 Å². The van der Waals surface area contributed by atoms with E-state index < -0.39 is 0 Å². The van der Waals surface area contributed by atoms with Crippen LogP contribution in [0.3, 0.4) is 0 Å². The van der Waals surface area contributed by atoms with Crippen molar-refractivity contribution < 1.29 is 9.47 Å². The number of hydrogen-bond acceptors (Lipinski definition) is 3. The van der Waals surface area contributed by atoms with E-state index in [0.29, 0.717) is 24.0 Å². The number of aryl methyl sites for hydroxylation is 1. The van der Waals surface area contributed by atoms with Crippen LogP contribution in [0, 0.1) is 0 Å². The van der Waals surface area contributed by atoms with Crippen LogP contribution in [-0.2, 0) is 6.42 Å². The predicted octanol–water partition coefficient (Wildman–Crippen LogP) is 3.34. The van der Waals surface area contributed by atoms with E-state index in [4.69, 9.17) is 27.4 Å². The first-order chi connectivity index (χ1) is 10.2. The fraction of sp³-hybridized carbons (Fsp3) is 0.235. The minimum absolute atomic E-state index is 0.335. The Balaban J connectivity index is 1.86. The molecule has 21 heavy (non-hydrogen) atoms. The van der Waals surface area contributed by atoms with Crippen molar-refractivity contribution in [3.8, 4) is 11.5 Å². The molecule has 0 saturated carbocycles. The fourth-order valence-electron chi connectivity index (χ4n) is 1.96. The van der Waals surface area contributed by atoms with Gasteiger partial charge in [-0.1, -0.05) is 43.4 Å². The third-order valence-electron chi connectivity index (χ3n) is 3.07. The Morgan fingerprint density at radius 1 is 1.05 bits per heavy atom. The fourth-order valence-corrected chi connectivity index (χ4v) is 2.13. The van der Waals surface area contributed by atoms with Crippen molar-refractivity contribution in [2.75, 3.05) is 13.2 Å². The maximum Gasteiger partial charge on any atom is 0.129 e. The first kappa shape index (κ1) is 15.3. The molecule has 0 fully saturated rings. The molecule has 0 bridgehead atoms. The molecule has 0 aliphatic heterocycles. The molecule has 2 aromatic carbocycles. The Labute approximate surface area is 130 Å². The van der Waals surface area contributed by atoms with Crippen molar-refractivity contribution in [1.29, 1.82) is 0 Å². The summed E-state index contributed by atoms with van der Waals surface area (Å²) >= 11 is 5.00. The number of para-hydroxylation sites is 1. The smallest absolute Gasteiger partial charge is 0.129 e. The Morgan fingerprint density at radius 2 is 1.81 bits per heavy atom. The molecule has 2 rings (SSSR count). The van der Waals surface area contributed by atoms with Gasteiger partial charge in [0.05, 0.1) is 5.56 Å². The zero-order valence-corrected chi connectivity index (χ0v) is 12.9. The van der Waals surface area contributed by atoms with E-state index in [1.807, 2.05) is 42.5 Å². The normalized spacial score (nSPS) is 10.1. The number of thiocarbonyl (C=S) groups is 1. The SMILES string of the molecule is CCc1cccc(OCCOc2ccccc2C(N)=S)c1. The summed E-state index contributed by atoms with van der Waals surface area (Å²) in [6.07, 6.45) is 0.995. The Morgan fingerprint density at radius 3 is 2.57 bits per heavy atom. The van der Waals surface area contributed by atoms with Gasteiger partial charge in [-0.2, -0.15) is 0 Å². The average molecular weight is 301 g/mol. The van der Waals surface area contributed by atoms with Crippen LogP contribution in [0.1, 0.15) is 18.1 Å². The lowest BCUT2D eigenvalue weighted by atomic mass is 10.2. The summed E-state index contributed by atoms with van der Waals surface area (Å²) in [6, 6.07) is 15.6. The number of benzene rings is 2. The van der Waals surface area contributed by atoms with E-state index in [2.05, 4.69) is 13.0 Å². The van der Waals surface area contributed by atoms with Crippen molar-refractivity contribution in [2.24, 2.45) is 5.73 Å². The molecule has 0 aliphatic carbocycles. The van der Waals surface area contributed by atoms with Crippen LogP contribution >= 0.6 is 12.2 Å². The summed E-state index contributed by atoms with van der Waals surface area (Å²) < 4.78 is 11.4. The first-order valence-corrected chi connectivity index (χ1v) is 7.35. The molecule has 0 unspecified atom stereocenters. The molecule has 0 saturated heterocycles. The third-order valence-corrected chi connectivity index (χ3v) is 3.29. The molecule has 4 heteroatoms. The summed E-state index contributed by atoms with van der Waals surface area (Å²) in [7, 11) is 0. The van der Waals surface area contributed by atoms with Crippen LogP contribution in [0.4, 0.5) is 0 Å². The van der Waals surface area contributed by atoms with Crippen molar-refractivity contribution in [3.63, 3.8) is 0 Å². The van der Waals surface area contributed by atoms with Gasteiger partial charge in [0, 0.05) is 0 Å². The highest BCUT2D eigenvalue weighted by Gasteiger charge is 2.05. The summed E-state index contributed by atoms with van der Waals surface area (Å²) in [5, 5.41) is 0.